The van der Waals surface area contributed by atoms with Crippen molar-refractivity contribution >= 4 is 23.2 Å². The number of methoxy groups -OCH3 is 1. The van der Waals surface area contributed by atoms with Gasteiger partial charge in [0.15, 0.2) is 0 Å². The molecular weight excluding hydrogens is 475 g/mol. The Morgan fingerprint density at radius 3 is 2.50 bits per heavy atom. The molecule has 1 aliphatic heterocycles. The lowest BCUT2D eigenvalue weighted by Gasteiger charge is -2.35. The lowest BCUT2D eigenvalue weighted by Crippen LogP contribution is -2.50. The number of aliphatic hydroxyl groups excluding tert-OH is 1. The molecule has 12 heteroatoms. The van der Waals surface area contributed by atoms with E-state index in [0.717, 1.165) is 10.9 Å². The third kappa shape index (κ3) is 7.08. The Morgan fingerprint density at radius 1 is 1.18 bits per heavy atom. The molecule has 8 nitrogen and oxygen atoms in total. The van der Waals surface area contributed by atoms with Crippen LogP contribution in [0.2, 0.25) is 0 Å². The average molecular weight is 502 g/mol. The molecule has 0 radical (unpaired) electrons. The Morgan fingerprint density at radius 2 is 1.88 bits per heavy atom. The molecule has 2 heterocycles. The molecule has 2 N–H and O–H groups in total. The summed E-state index contributed by atoms with van der Waals surface area (Å²) in [5.41, 5.74) is 0.160. The summed E-state index contributed by atoms with van der Waals surface area (Å²) in [4.78, 5) is 29.6. The second kappa shape index (κ2) is 11.1. The van der Waals surface area contributed by atoms with Gasteiger partial charge in [0.2, 0.25) is 0 Å². The van der Waals surface area contributed by atoms with Crippen LogP contribution in [0.15, 0.2) is 30.3 Å². The highest BCUT2D eigenvalue weighted by Crippen LogP contribution is 2.30. The summed E-state index contributed by atoms with van der Waals surface area (Å²) < 4.78 is 47.2. The number of carbonyl (C=O) groups excluding carboxylic acids is 2. The standard InChI is InChI=1S/C22H26F3N3O5S/c1-14(29)21(31)28-9-7-27(8-10-28)13-17-5-6-19(34-17)20(30)26-12-15-3-4-16(32-2)11-18(15)33-22(23,24)25/h3-6,11,14,29H,7-10,12-13H2,1-2H3,(H,26,30). The van der Waals surface area contributed by atoms with Crippen molar-refractivity contribution in [2.24, 2.45) is 0 Å². The number of benzene rings is 1. The molecule has 1 aromatic carbocycles. The maximum Gasteiger partial charge on any atom is 0.573 e. The van der Waals surface area contributed by atoms with Gasteiger partial charge in [-0.1, -0.05) is 0 Å². The van der Waals surface area contributed by atoms with E-state index in [2.05, 4.69) is 15.0 Å². The Balaban J connectivity index is 1.55. The summed E-state index contributed by atoms with van der Waals surface area (Å²) in [7, 11) is 1.33. The predicted octanol–water partition coefficient (Wildman–Crippen LogP) is 2.61. The van der Waals surface area contributed by atoms with Crippen molar-refractivity contribution in [2.75, 3.05) is 33.3 Å². The fourth-order valence-electron chi connectivity index (χ4n) is 3.49. The van der Waals surface area contributed by atoms with Gasteiger partial charge in [0.25, 0.3) is 11.8 Å². The van der Waals surface area contributed by atoms with Crippen molar-refractivity contribution in [3.8, 4) is 11.5 Å². The second-order valence-corrected chi connectivity index (χ2v) is 8.92. The molecule has 186 valence electrons. The van der Waals surface area contributed by atoms with Gasteiger partial charge in [0.05, 0.1) is 12.0 Å². The van der Waals surface area contributed by atoms with Crippen molar-refractivity contribution in [1.29, 1.82) is 0 Å². The largest absolute Gasteiger partial charge is 0.573 e. The van der Waals surface area contributed by atoms with Crippen molar-refractivity contribution in [1.82, 2.24) is 15.1 Å². The van der Waals surface area contributed by atoms with E-state index in [0.29, 0.717) is 37.6 Å². The average Bonchev–Trinajstić information content (AvgIpc) is 3.25. The third-order valence-electron chi connectivity index (χ3n) is 5.25. The molecule has 2 aromatic rings. The molecule has 1 atom stereocenters. The van der Waals surface area contributed by atoms with Gasteiger partial charge < -0.3 is 24.8 Å². The number of alkyl halides is 3. The topological polar surface area (TPSA) is 91.3 Å². The summed E-state index contributed by atoms with van der Waals surface area (Å²) in [6, 6.07) is 7.51. The van der Waals surface area contributed by atoms with E-state index in [1.54, 1.807) is 11.0 Å². The van der Waals surface area contributed by atoms with Gasteiger partial charge in [-0.25, -0.2) is 0 Å². The van der Waals surface area contributed by atoms with E-state index < -0.39 is 24.1 Å². The highest BCUT2D eigenvalue weighted by Gasteiger charge is 2.32. The summed E-state index contributed by atoms with van der Waals surface area (Å²) >= 11 is 1.30. The van der Waals surface area contributed by atoms with Gasteiger partial charge in [-0.3, -0.25) is 14.5 Å². The Kier molecular flexibility index (Phi) is 8.39. The summed E-state index contributed by atoms with van der Waals surface area (Å²) in [6.45, 7) is 4.25. The van der Waals surface area contributed by atoms with Crippen molar-refractivity contribution < 1.29 is 37.3 Å². The molecular formula is C22H26F3N3O5S. The van der Waals surface area contributed by atoms with Crippen molar-refractivity contribution in [2.45, 2.75) is 32.5 Å². The number of piperazine rings is 1. The molecule has 1 saturated heterocycles. The first-order valence-electron chi connectivity index (χ1n) is 10.5. The minimum Gasteiger partial charge on any atom is -0.497 e. The molecule has 1 fully saturated rings. The van der Waals surface area contributed by atoms with Crippen LogP contribution in [0.5, 0.6) is 11.5 Å². The van der Waals surface area contributed by atoms with Gasteiger partial charge in [-0.2, -0.15) is 0 Å². The maximum absolute atomic E-state index is 12.7. The predicted molar refractivity (Wildman–Crippen MR) is 119 cm³/mol. The van der Waals surface area contributed by atoms with E-state index in [9.17, 15) is 27.9 Å². The highest BCUT2D eigenvalue weighted by molar-refractivity contribution is 7.14. The zero-order valence-corrected chi connectivity index (χ0v) is 19.5. The van der Waals surface area contributed by atoms with Crippen LogP contribution in [0.3, 0.4) is 0 Å². The fourth-order valence-corrected chi connectivity index (χ4v) is 4.45. The van der Waals surface area contributed by atoms with E-state index >= 15 is 0 Å². The summed E-state index contributed by atoms with van der Waals surface area (Å²) in [5.74, 6) is -0.923. The quantitative estimate of drug-likeness (QED) is 0.578. The van der Waals surface area contributed by atoms with Gasteiger partial charge in [0.1, 0.15) is 17.6 Å². The van der Waals surface area contributed by atoms with Crippen LogP contribution < -0.4 is 14.8 Å². The normalized spacial score (nSPS) is 15.6. The van der Waals surface area contributed by atoms with Crippen LogP contribution >= 0.6 is 11.3 Å². The molecule has 0 spiro atoms. The maximum atomic E-state index is 12.7. The van der Waals surface area contributed by atoms with Crippen LogP contribution in [0, 0.1) is 0 Å². The highest BCUT2D eigenvalue weighted by atomic mass is 32.1. The minimum atomic E-state index is -4.87. The van der Waals surface area contributed by atoms with E-state index in [-0.39, 0.29) is 23.8 Å². The van der Waals surface area contributed by atoms with Crippen LogP contribution in [-0.4, -0.2) is 72.5 Å². The number of hydrogen-bond donors (Lipinski definition) is 2. The number of nitrogens with one attached hydrogen (secondary N) is 1. The van der Waals surface area contributed by atoms with Gasteiger partial charge in [0, 0.05) is 55.8 Å². The summed E-state index contributed by atoms with van der Waals surface area (Å²) in [6.07, 6.45) is -5.89. The smallest absolute Gasteiger partial charge is 0.497 e. The lowest BCUT2D eigenvalue weighted by atomic mass is 10.2. The van der Waals surface area contributed by atoms with E-state index in [4.69, 9.17) is 4.74 Å². The number of aliphatic hydroxyl groups is 1. The van der Waals surface area contributed by atoms with Gasteiger partial charge >= 0.3 is 6.36 Å². The fraction of sp³-hybridized carbons (Fsp3) is 0.455. The first-order valence-corrected chi connectivity index (χ1v) is 11.4. The monoisotopic (exact) mass is 501 g/mol. The number of halogens is 3. The molecule has 2 amide bonds. The molecule has 0 aliphatic carbocycles. The van der Waals surface area contributed by atoms with Crippen molar-refractivity contribution in [3.63, 3.8) is 0 Å². The zero-order chi connectivity index (χ0) is 24.9. The van der Waals surface area contributed by atoms with E-state index in [1.807, 2.05) is 6.07 Å². The zero-order valence-electron chi connectivity index (χ0n) is 18.7. The first-order chi connectivity index (χ1) is 16.1. The van der Waals surface area contributed by atoms with Gasteiger partial charge in [-0.15, -0.1) is 24.5 Å². The molecule has 1 aliphatic rings. The summed E-state index contributed by atoms with van der Waals surface area (Å²) in [5, 5.41) is 12.1. The van der Waals surface area contributed by atoms with E-state index in [1.165, 1.54) is 37.5 Å². The molecule has 1 aromatic heterocycles. The molecule has 34 heavy (non-hydrogen) atoms. The number of rotatable bonds is 8. The number of amides is 2. The van der Waals surface area contributed by atoms with Crippen LogP contribution in [0.25, 0.3) is 0 Å². The van der Waals surface area contributed by atoms with Crippen LogP contribution in [0.4, 0.5) is 13.2 Å². The third-order valence-corrected chi connectivity index (χ3v) is 6.31. The molecule has 0 bridgehead atoms. The number of ether oxygens (including phenoxy) is 2. The first kappa shape index (κ1) is 25.8. The second-order valence-electron chi connectivity index (χ2n) is 7.75. The number of hydrogen-bond acceptors (Lipinski definition) is 7. The van der Waals surface area contributed by atoms with Crippen LogP contribution in [-0.2, 0) is 17.9 Å². The number of carbonyl (C=O) groups is 2. The lowest BCUT2D eigenvalue weighted by molar-refractivity contribution is -0.274. The Bertz CT molecular complexity index is 1000. The minimum absolute atomic E-state index is 0.152. The SMILES string of the molecule is COc1ccc(CNC(=O)c2ccc(CN3CCN(C(=O)C(C)O)CC3)s2)c(OC(F)(F)F)c1. The Hall–Kier alpha value is -2.83. The van der Waals surface area contributed by atoms with Crippen molar-refractivity contribution in [3.05, 3.63) is 45.6 Å². The molecule has 1 unspecified atom stereocenters. The van der Waals surface area contributed by atoms with Gasteiger partial charge in [-0.05, 0) is 31.2 Å². The Labute approximate surface area is 198 Å². The molecule has 0 saturated carbocycles. The number of thiophene rings is 1. The number of nitrogens with zero attached hydrogens (tertiary/aromatic N) is 2. The van der Waals surface area contributed by atoms with Crippen LogP contribution in [0.1, 0.15) is 27.0 Å². The molecule has 3 rings (SSSR count).